The summed E-state index contributed by atoms with van der Waals surface area (Å²) in [5.41, 5.74) is 2.88. The predicted octanol–water partition coefficient (Wildman–Crippen LogP) is 7.26. The van der Waals surface area contributed by atoms with Crippen LogP contribution in [0.2, 0.25) is 0 Å². The van der Waals surface area contributed by atoms with Gasteiger partial charge in [-0.1, -0.05) is 45.9 Å². The first-order valence-corrected chi connectivity index (χ1v) is 14.9. The number of carbonyl (C=O) groups is 1. The largest absolute Gasteiger partial charge is 0.495 e. The van der Waals surface area contributed by atoms with Crippen molar-refractivity contribution in [1.82, 2.24) is 4.98 Å². The van der Waals surface area contributed by atoms with Crippen LogP contribution in [0.15, 0.2) is 40.7 Å². The van der Waals surface area contributed by atoms with Crippen molar-refractivity contribution in [2.75, 3.05) is 11.8 Å². The lowest BCUT2D eigenvalue weighted by Gasteiger charge is -2.34. The van der Waals surface area contributed by atoms with Gasteiger partial charge in [0.15, 0.2) is 5.03 Å². The van der Waals surface area contributed by atoms with Crippen molar-refractivity contribution in [2.24, 2.45) is 5.41 Å². The summed E-state index contributed by atoms with van der Waals surface area (Å²) in [5, 5.41) is 10.9. The number of benzene rings is 2. The van der Waals surface area contributed by atoms with Crippen LogP contribution in [0.1, 0.15) is 86.7 Å². The fourth-order valence-corrected chi connectivity index (χ4v) is 7.11. The van der Waals surface area contributed by atoms with Gasteiger partial charge in [0, 0.05) is 17.0 Å². The Bertz CT molecular complexity index is 1450. The SMILES string of the molecule is COc1cc(C(=O)O)c(F)cc1NS(=O)(=O)c1csc(-c2ccc(C3CCC(C)(C)CC3)cc2C(C)C)n1. The molecular formula is C28H33FN2O5S2. The lowest BCUT2D eigenvalue weighted by Crippen LogP contribution is -2.20. The Labute approximate surface area is 227 Å². The Kier molecular flexibility index (Phi) is 7.86. The highest BCUT2D eigenvalue weighted by atomic mass is 32.2. The summed E-state index contributed by atoms with van der Waals surface area (Å²) in [6.07, 6.45) is 4.72. The third-order valence-corrected chi connectivity index (χ3v) is 9.53. The lowest BCUT2D eigenvalue weighted by atomic mass is 9.71. The number of nitrogens with zero attached hydrogens (tertiary/aromatic N) is 1. The van der Waals surface area contributed by atoms with Gasteiger partial charge in [-0.05, 0) is 60.1 Å². The maximum atomic E-state index is 14.3. The molecular weight excluding hydrogens is 527 g/mol. The van der Waals surface area contributed by atoms with Gasteiger partial charge in [0.2, 0.25) is 0 Å². The zero-order chi connectivity index (χ0) is 27.8. The Morgan fingerprint density at radius 1 is 1.21 bits per heavy atom. The molecule has 1 aromatic heterocycles. The van der Waals surface area contributed by atoms with Crippen LogP contribution in [0.25, 0.3) is 10.6 Å². The zero-order valence-electron chi connectivity index (χ0n) is 22.2. The molecule has 0 radical (unpaired) electrons. The fraction of sp³-hybridized carbons (Fsp3) is 0.429. The molecule has 0 amide bonds. The van der Waals surface area contributed by atoms with Crippen molar-refractivity contribution >= 4 is 33.0 Å². The number of methoxy groups -OCH3 is 1. The third kappa shape index (κ3) is 5.86. The van der Waals surface area contributed by atoms with E-state index in [1.807, 2.05) is 6.07 Å². The molecule has 1 saturated carbocycles. The molecule has 2 N–H and O–H groups in total. The van der Waals surface area contributed by atoms with E-state index in [1.165, 1.54) is 42.2 Å². The van der Waals surface area contributed by atoms with Gasteiger partial charge >= 0.3 is 5.97 Å². The Morgan fingerprint density at radius 2 is 1.89 bits per heavy atom. The molecule has 0 aliphatic heterocycles. The van der Waals surface area contributed by atoms with Crippen LogP contribution in [0.4, 0.5) is 10.1 Å². The van der Waals surface area contributed by atoms with Gasteiger partial charge in [-0.2, -0.15) is 8.42 Å². The van der Waals surface area contributed by atoms with Gasteiger partial charge < -0.3 is 9.84 Å². The number of hydrogen-bond donors (Lipinski definition) is 2. The van der Waals surface area contributed by atoms with Crippen molar-refractivity contribution in [3.05, 3.63) is 58.2 Å². The maximum absolute atomic E-state index is 14.3. The standard InChI is InChI=1S/C28H33FN2O5S2/c1-16(2)20-12-18(17-8-10-28(3,4)11-9-17)6-7-19(20)26-30-25(15-37-26)38(34,35)31-23-14-22(29)21(27(32)33)13-24(23)36-5/h6-7,12-17,31H,8-11H2,1-5H3,(H,32,33). The van der Waals surface area contributed by atoms with E-state index in [0.717, 1.165) is 36.1 Å². The van der Waals surface area contributed by atoms with Crippen LogP contribution >= 0.6 is 11.3 Å². The molecule has 0 saturated heterocycles. The van der Waals surface area contributed by atoms with E-state index in [9.17, 15) is 17.6 Å². The van der Waals surface area contributed by atoms with Crippen molar-refractivity contribution in [2.45, 2.75) is 70.2 Å². The summed E-state index contributed by atoms with van der Waals surface area (Å²) >= 11 is 1.22. The van der Waals surface area contributed by atoms with Crippen LogP contribution in [-0.4, -0.2) is 31.6 Å². The van der Waals surface area contributed by atoms with E-state index in [4.69, 9.17) is 9.84 Å². The summed E-state index contributed by atoms with van der Waals surface area (Å²) < 4.78 is 47.9. The topological polar surface area (TPSA) is 106 Å². The number of carboxylic acids is 1. The smallest absolute Gasteiger partial charge is 0.338 e. The summed E-state index contributed by atoms with van der Waals surface area (Å²) in [6.45, 7) is 8.88. The second-order valence-electron chi connectivity index (χ2n) is 10.9. The minimum absolute atomic E-state index is 0.119. The first kappa shape index (κ1) is 28.0. The molecule has 0 atom stereocenters. The normalized spacial score (nSPS) is 16.0. The van der Waals surface area contributed by atoms with Gasteiger partial charge in [0.05, 0.1) is 18.4 Å². The molecule has 0 unspecified atom stereocenters. The number of sulfonamides is 1. The number of halogens is 1. The van der Waals surface area contributed by atoms with Gasteiger partial charge in [0.25, 0.3) is 10.0 Å². The molecule has 0 spiro atoms. The monoisotopic (exact) mass is 560 g/mol. The lowest BCUT2D eigenvalue weighted by molar-refractivity contribution is 0.0691. The van der Waals surface area contributed by atoms with Gasteiger partial charge in [0.1, 0.15) is 16.6 Å². The number of hydrogen-bond acceptors (Lipinski definition) is 6. The highest BCUT2D eigenvalue weighted by Crippen LogP contribution is 2.44. The highest BCUT2D eigenvalue weighted by molar-refractivity contribution is 7.92. The Morgan fingerprint density at radius 3 is 2.50 bits per heavy atom. The second kappa shape index (κ2) is 10.6. The number of anilines is 1. The summed E-state index contributed by atoms with van der Waals surface area (Å²) in [4.78, 5) is 15.6. The van der Waals surface area contributed by atoms with E-state index in [1.54, 1.807) is 0 Å². The maximum Gasteiger partial charge on any atom is 0.338 e. The predicted molar refractivity (Wildman–Crippen MR) is 147 cm³/mol. The van der Waals surface area contributed by atoms with Gasteiger partial charge in [-0.3, -0.25) is 4.72 Å². The van der Waals surface area contributed by atoms with Crippen LogP contribution < -0.4 is 9.46 Å². The van der Waals surface area contributed by atoms with Gasteiger partial charge in [-0.15, -0.1) is 11.3 Å². The molecule has 2 aromatic carbocycles. The Balaban J connectivity index is 1.62. The average Bonchev–Trinajstić information content (AvgIpc) is 3.35. The first-order chi connectivity index (χ1) is 17.8. The number of carboxylic acid groups (broad SMARTS) is 1. The van der Waals surface area contributed by atoms with E-state index < -0.39 is 27.4 Å². The first-order valence-electron chi connectivity index (χ1n) is 12.5. The van der Waals surface area contributed by atoms with Crippen molar-refractivity contribution in [1.29, 1.82) is 0 Å². The minimum atomic E-state index is -4.20. The zero-order valence-corrected chi connectivity index (χ0v) is 23.8. The van der Waals surface area contributed by atoms with E-state index in [-0.39, 0.29) is 22.4 Å². The molecule has 1 fully saturated rings. The van der Waals surface area contributed by atoms with Crippen molar-refractivity contribution < 1.29 is 27.4 Å². The molecule has 204 valence electrons. The molecule has 38 heavy (non-hydrogen) atoms. The molecule has 1 aliphatic rings. The summed E-state index contributed by atoms with van der Waals surface area (Å²) in [5.74, 6) is -1.95. The fourth-order valence-electron chi connectivity index (χ4n) is 4.91. The van der Waals surface area contributed by atoms with Gasteiger partial charge in [-0.25, -0.2) is 14.2 Å². The van der Waals surface area contributed by atoms with E-state index in [0.29, 0.717) is 16.3 Å². The second-order valence-corrected chi connectivity index (χ2v) is 13.4. The molecule has 4 rings (SSSR count). The minimum Gasteiger partial charge on any atom is -0.495 e. The molecule has 0 bridgehead atoms. The molecule has 7 nitrogen and oxygen atoms in total. The van der Waals surface area contributed by atoms with Crippen LogP contribution in [0, 0.1) is 11.2 Å². The number of thiazole rings is 1. The average molecular weight is 561 g/mol. The quantitative estimate of drug-likeness (QED) is 0.300. The number of ether oxygens (including phenoxy) is 1. The summed E-state index contributed by atoms with van der Waals surface area (Å²) in [7, 11) is -2.96. The van der Waals surface area contributed by atoms with Crippen LogP contribution in [-0.2, 0) is 10.0 Å². The highest BCUT2D eigenvalue weighted by Gasteiger charge is 2.29. The number of aromatic nitrogens is 1. The van der Waals surface area contributed by atoms with Crippen molar-refractivity contribution in [3.63, 3.8) is 0 Å². The molecule has 1 heterocycles. The van der Waals surface area contributed by atoms with Crippen molar-refractivity contribution in [3.8, 4) is 16.3 Å². The molecule has 10 heteroatoms. The molecule has 3 aromatic rings. The molecule has 1 aliphatic carbocycles. The number of nitrogens with one attached hydrogen (secondary N) is 1. The van der Waals surface area contributed by atoms with Crippen LogP contribution in [0.3, 0.4) is 0 Å². The van der Waals surface area contributed by atoms with E-state index in [2.05, 4.69) is 49.5 Å². The summed E-state index contributed by atoms with van der Waals surface area (Å²) in [6, 6.07) is 8.14. The third-order valence-electron chi connectivity index (χ3n) is 7.26. The van der Waals surface area contributed by atoms with E-state index >= 15 is 0 Å². The number of aromatic carboxylic acids is 1. The Hall–Kier alpha value is -2.98. The number of rotatable bonds is 8. The van der Waals surface area contributed by atoms with Crippen LogP contribution in [0.5, 0.6) is 5.75 Å².